The van der Waals surface area contributed by atoms with Crippen molar-refractivity contribution in [1.29, 1.82) is 0 Å². The van der Waals surface area contributed by atoms with E-state index in [0.717, 1.165) is 12.8 Å². The van der Waals surface area contributed by atoms with Crippen molar-refractivity contribution in [3.8, 4) is 0 Å². The van der Waals surface area contributed by atoms with Crippen molar-refractivity contribution in [2.45, 2.75) is 42.4 Å². The van der Waals surface area contributed by atoms with Crippen LogP contribution in [0.3, 0.4) is 0 Å². The van der Waals surface area contributed by atoms with Gasteiger partial charge < -0.3 is 0 Å². The quantitative estimate of drug-likeness (QED) is 0.415. The normalized spacial score (nSPS) is 13.9. The summed E-state index contributed by atoms with van der Waals surface area (Å²) in [5, 5.41) is 0. The molecule has 4 rings (SSSR count). The summed E-state index contributed by atoms with van der Waals surface area (Å²) in [4.78, 5) is 2.81. The summed E-state index contributed by atoms with van der Waals surface area (Å²) in [5.41, 5.74) is 7.14. The Bertz CT molecular complexity index is 861. The number of aryl methyl sites for hydroxylation is 1. The van der Waals surface area contributed by atoms with E-state index in [1.165, 1.54) is 37.6 Å². The molecule has 0 fully saturated rings. The molecule has 3 aromatic rings. The maximum Gasteiger partial charge on any atom is 0.0158 e. The van der Waals surface area contributed by atoms with Gasteiger partial charge >= 0.3 is 0 Å². The predicted molar refractivity (Wildman–Crippen MR) is 103 cm³/mol. The summed E-state index contributed by atoms with van der Waals surface area (Å²) < 4.78 is 0. The van der Waals surface area contributed by atoms with E-state index in [1.807, 2.05) is 11.8 Å². The zero-order chi connectivity index (χ0) is 16.5. The summed E-state index contributed by atoms with van der Waals surface area (Å²) in [6.07, 6.45) is 2.15. The van der Waals surface area contributed by atoms with Crippen LogP contribution < -0.4 is 0 Å². The van der Waals surface area contributed by atoms with Gasteiger partial charge in [0.15, 0.2) is 0 Å². The standard InChI is InChI=1S/C23H22S/c1-3-17-8-10-18(11-9-17)16(2)19-12-13-23-21(14-19)15-20-6-4-5-7-22(20)24-23/h4-14,16H,3,15H2,1-2H3. The van der Waals surface area contributed by atoms with Crippen molar-refractivity contribution in [3.05, 3.63) is 94.5 Å². The van der Waals surface area contributed by atoms with Crippen LogP contribution in [0.4, 0.5) is 0 Å². The fraction of sp³-hybridized carbons (Fsp3) is 0.217. The van der Waals surface area contributed by atoms with E-state index in [-0.39, 0.29) is 0 Å². The molecule has 1 unspecified atom stereocenters. The minimum absolute atomic E-state index is 0.434. The zero-order valence-electron chi connectivity index (χ0n) is 14.3. The van der Waals surface area contributed by atoms with Gasteiger partial charge in [0.25, 0.3) is 0 Å². The first-order valence-corrected chi connectivity index (χ1v) is 9.53. The van der Waals surface area contributed by atoms with E-state index in [1.54, 1.807) is 0 Å². The molecule has 0 saturated heterocycles. The van der Waals surface area contributed by atoms with E-state index >= 15 is 0 Å². The molecular formula is C23H22S. The highest BCUT2D eigenvalue weighted by atomic mass is 32.2. The molecule has 1 aliphatic rings. The second kappa shape index (κ2) is 6.49. The van der Waals surface area contributed by atoms with Gasteiger partial charge in [0.1, 0.15) is 0 Å². The smallest absolute Gasteiger partial charge is 0.0158 e. The van der Waals surface area contributed by atoms with Gasteiger partial charge in [0.05, 0.1) is 0 Å². The molecule has 0 amide bonds. The third-order valence-corrected chi connectivity index (χ3v) is 6.28. The molecule has 1 heterocycles. The minimum atomic E-state index is 0.434. The van der Waals surface area contributed by atoms with E-state index in [4.69, 9.17) is 0 Å². The van der Waals surface area contributed by atoms with Crippen molar-refractivity contribution in [1.82, 2.24) is 0 Å². The van der Waals surface area contributed by atoms with Gasteiger partial charge in [-0.2, -0.15) is 0 Å². The van der Waals surface area contributed by atoms with Crippen LogP contribution in [0, 0.1) is 0 Å². The molecule has 120 valence electrons. The molecule has 0 aliphatic carbocycles. The average molecular weight is 330 g/mol. The van der Waals surface area contributed by atoms with Crippen LogP contribution in [-0.4, -0.2) is 0 Å². The van der Waals surface area contributed by atoms with Gasteiger partial charge in [-0.1, -0.05) is 80.2 Å². The van der Waals surface area contributed by atoms with E-state index in [9.17, 15) is 0 Å². The maximum atomic E-state index is 2.41. The zero-order valence-corrected chi connectivity index (χ0v) is 15.1. The molecule has 1 heteroatoms. The molecule has 1 atom stereocenters. The summed E-state index contributed by atoms with van der Waals surface area (Å²) >= 11 is 1.90. The first-order chi connectivity index (χ1) is 11.7. The number of benzene rings is 3. The number of fused-ring (bicyclic) bond motifs is 2. The average Bonchev–Trinajstić information content (AvgIpc) is 2.65. The fourth-order valence-electron chi connectivity index (χ4n) is 3.41. The first kappa shape index (κ1) is 15.5. The topological polar surface area (TPSA) is 0 Å². The van der Waals surface area contributed by atoms with Crippen molar-refractivity contribution in [3.63, 3.8) is 0 Å². The third kappa shape index (κ3) is 2.89. The highest BCUT2D eigenvalue weighted by Crippen LogP contribution is 2.40. The van der Waals surface area contributed by atoms with E-state index in [2.05, 4.69) is 80.6 Å². The molecule has 0 aromatic heterocycles. The van der Waals surface area contributed by atoms with Gasteiger partial charge in [-0.25, -0.2) is 0 Å². The second-order valence-corrected chi connectivity index (χ2v) is 7.65. The molecule has 0 spiro atoms. The van der Waals surface area contributed by atoms with Crippen molar-refractivity contribution in [2.24, 2.45) is 0 Å². The van der Waals surface area contributed by atoms with Crippen LogP contribution in [0.15, 0.2) is 76.5 Å². The molecule has 0 saturated carbocycles. The maximum absolute atomic E-state index is 2.41. The largest absolute Gasteiger partial charge is 0.0895 e. The van der Waals surface area contributed by atoms with Crippen LogP contribution in [0.2, 0.25) is 0 Å². The summed E-state index contributed by atoms with van der Waals surface area (Å²) in [6, 6.07) is 24.9. The Morgan fingerprint density at radius 3 is 2.33 bits per heavy atom. The fourth-order valence-corrected chi connectivity index (χ4v) is 4.47. The Morgan fingerprint density at radius 2 is 1.54 bits per heavy atom. The van der Waals surface area contributed by atoms with Crippen LogP contribution in [0.5, 0.6) is 0 Å². The molecule has 24 heavy (non-hydrogen) atoms. The summed E-state index contributed by atoms with van der Waals surface area (Å²) in [6.45, 7) is 4.52. The van der Waals surface area contributed by atoms with E-state index < -0.39 is 0 Å². The Morgan fingerprint density at radius 1 is 0.833 bits per heavy atom. The number of rotatable bonds is 3. The Labute approximate surface area is 148 Å². The van der Waals surface area contributed by atoms with Crippen molar-refractivity contribution in [2.75, 3.05) is 0 Å². The Hall–Kier alpha value is -1.99. The lowest BCUT2D eigenvalue weighted by Crippen LogP contribution is -2.03. The summed E-state index contributed by atoms with van der Waals surface area (Å²) in [5.74, 6) is 0.434. The number of hydrogen-bond acceptors (Lipinski definition) is 1. The van der Waals surface area contributed by atoms with Crippen molar-refractivity contribution >= 4 is 11.8 Å². The molecule has 1 aliphatic heterocycles. The number of hydrogen-bond donors (Lipinski definition) is 0. The Kier molecular flexibility index (Phi) is 4.20. The monoisotopic (exact) mass is 330 g/mol. The highest BCUT2D eigenvalue weighted by molar-refractivity contribution is 7.99. The van der Waals surface area contributed by atoms with Crippen LogP contribution >= 0.6 is 11.8 Å². The third-order valence-electron chi connectivity index (χ3n) is 5.05. The van der Waals surface area contributed by atoms with Gasteiger partial charge in [-0.15, -0.1) is 0 Å². The van der Waals surface area contributed by atoms with Gasteiger partial charge in [-0.05, 0) is 52.8 Å². The molecule has 0 N–H and O–H groups in total. The highest BCUT2D eigenvalue weighted by Gasteiger charge is 2.17. The Balaban J connectivity index is 1.63. The lowest BCUT2D eigenvalue weighted by molar-refractivity contribution is 0.906. The molecular weight excluding hydrogens is 308 g/mol. The second-order valence-electron chi connectivity index (χ2n) is 6.57. The van der Waals surface area contributed by atoms with Crippen LogP contribution in [0.25, 0.3) is 0 Å². The lowest BCUT2D eigenvalue weighted by atomic mass is 9.90. The van der Waals surface area contributed by atoms with Crippen LogP contribution in [0.1, 0.15) is 47.6 Å². The summed E-state index contributed by atoms with van der Waals surface area (Å²) in [7, 11) is 0. The van der Waals surface area contributed by atoms with E-state index in [0.29, 0.717) is 5.92 Å². The molecule has 3 aromatic carbocycles. The first-order valence-electron chi connectivity index (χ1n) is 8.72. The lowest BCUT2D eigenvalue weighted by Gasteiger charge is -2.21. The van der Waals surface area contributed by atoms with Gasteiger partial charge in [-0.3, -0.25) is 0 Å². The van der Waals surface area contributed by atoms with Crippen molar-refractivity contribution < 1.29 is 0 Å². The van der Waals surface area contributed by atoms with Gasteiger partial charge in [0.2, 0.25) is 0 Å². The molecule has 0 bridgehead atoms. The minimum Gasteiger partial charge on any atom is -0.0895 e. The molecule has 0 radical (unpaired) electrons. The van der Waals surface area contributed by atoms with Crippen LogP contribution in [-0.2, 0) is 12.8 Å². The predicted octanol–water partition coefficient (Wildman–Crippen LogP) is 6.46. The molecule has 0 nitrogen and oxygen atoms in total. The SMILES string of the molecule is CCc1ccc(C(C)c2ccc3c(c2)Cc2ccccc2S3)cc1. The van der Waals surface area contributed by atoms with Gasteiger partial charge in [0, 0.05) is 15.7 Å².